The molecule has 0 spiro atoms. The third-order valence-electron chi connectivity index (χ3n) is 12.1. The fourth-order valence-electron chi connectivity index (χ4n) is 10.1. The molecule has 1 amide bonds. The van der Waals surface area contributed by atoms with Crippen LogP contribution in [0.4, 0.5) is 0 Å². The van der Waals surface area contributed by atoms with Crippen LogP contribution in [0.5, 0.6) is 0 Å². The Morgan fingerprint density at radius 2 is 1.81 bits per heavy atom. The summed E-state index contributed by atoms with van der Waals surface area (Å²) < 4.78 is 11.7. The average molecular weight is 531 g/mol. The van der Waals surface area contributed by atoms with E-state index in [9.17, 15) is 4.79 Å². The highest BCUT2D eigenvalue weighted by Gasteiger charge is 2.60. The van der Waals surface area contributed by atoms with Crippen LogP contribution in [0.2, 0.25) is 19.1 Å². The van der Waals surface area contributed by atoms with Crippen molar-refractivity contribution in [2.45, 2.75) is 123 Å². The number of nitrogens with one attached hydrogen (secondary N) is 1. The third kappa shape index (κ3) is 5.93. The number of rotatable bonds is 10. The number of fused-ring (bicyclic) bond motifs is 5. The molecule has 0 unspecified atom stereocenters. The first-order chi connectivity index (χ1) is 17.5. The average Bonchev–Trinajstić information content (AvgIpc) is 3.22. The molecule has 0 aromatic carbocycles. The van der Waals surface area contributed by atoms with E-state index in [0.717, 1.165) is 48.5 Å². The molecule has 0 aromatic heterocycles. The lowest BCUT2D eigenvalue weighted by molar-refractivity contribution is -0.128. The van der Waals surface area contributed by atoms with Gasteiger partial charge >= 0.3 is 0 Å². The first kappa shape index (κ1) is 28.9. The summed E-state index contributed by atoms with van der Waals surface area (Å²) in [7, 11) is 0.0255. The molecule has 0 bridgehead atoms. The first-order valence-corrected chi connectivity index (χ1v) is 18.5. The van der Waals surface area contributed by atoms with Gasteiger partial charge in [-0.2, -0.15) is 5.26 Å². The molecule has 4 aliphatic carbocycles. The molecule has 1 N–H and O–H groups in total. The Balaban J connectivity index is 1.36. The van der Waals surface area contributed by atoms with Crippen molar-refractivity contribution in [3.63, 3.8) is 0 Å². The van der Waals surface area contributed by atoms with Crippen molar-refractivity contribution in [1.29, 1.82) is 5.26 Å². The molecule has 0 saturated heterocycles. The normalized spacial score (nSPS) is 40.0. The number of hydrogen-bond acceptors (Lipinski definition) is 4. The van der Waals surface area contributed by atoms with Gasteiger partial charge in [-0.3, -0.25) is 4.79 Å². The maximum absolute atomic E-state index is 11.9. The summed E-state index contributed by atoms with van der Waals surface area (Å²) in [6, 6.07) is 1.07. The van der Waals surface area contributed by atoms with Gasteiger partial charge in [0.15, 0.2) is 8.32 Å². The highest BCUT2D eigenvalue weighted by molar-refractivity contribution is 6.71. The number of carbonyl (C=O) groups excluding carboxylic acids is 1. The van der Waals surface area contributed by atoms with E-state index in [1.165, 1.54) is 57.8 Å². The molecule has 4 rings (SSSR count). The summed E-state index contributed by atoms with van der Waals surface area (Å²) in [4.78, 5) is 11.9. The predicted octanol–water partition coefficient (Wildman–Crippen LogP) is 7.29. The quantitative estimate of drug-likeness (QED) is 0.183. The molecule has 4 saturated carbocycles. The minimum absolute atomic E-state index is 0.195. The van der Waals surface area contributed by atoms with Gasteiger partial charge in [0.25, 0.3) is 6.26 Å². The van der Waals surface area contributed by atoms with Gasteiger partial charge in [0.2, 0.25) is 5.91 Å². The third-order valence-corrected chi connectivity index (χ3v) is 14.6. The van der Waals surface area contributed by atoms with Crippen LogP contribution < -0.4 is 5.32 Å². The van der Waals surface area contributed by atoms with E-state index in [0.29, 0.717) is 35.9 Å². The van der Waals surface area contributed by atoms with Crippen LogP contribution in [0.3, 0.4) is 0 Å². The summed E-state index contributed by atoms with van der Waals surface area (Å²) >= 11 is 0. The second-order valence-electron chi connectivity index (χ2n) is 14.4. The van der Waals surface area contributed by atoms with Crippen molar-refractivity contribution in [2.24, 2.45) is 46.3 Å². The minimum Gasteiger partial charge on any atom is -0.428 e. The van der Waals surface area contributed by atoms with Crippen LogP contribution in [-0.4, -0.2) is 34.0 Å². The largest absolute Gasteiger partial charge is 0.428 e. The van der Waals surface area contributed by atoms with Crippen molar-refractivity contribution >= 4 is 14.2 Å². The van der Waals surface area contributed by atoms with Gasteiger partial charge in [-0.25, -0.2) is 0 Å². The van der Waals surface area contributed by atoms with E-state index in [4.69, 9.17) is 14.4 Å². The molecule has 4 fully saturated rings. The fraction of sp³-hybridized carbons (Fsp3) is 0.935. The monoisotopic (exact) mass is 530 g/mol. The SMILES string of the molecule is CNC(=O)CC[C@@H](C)[C@H]1CC[C@H]2[C@@H]3CC[C@@H]4C[C@H](O[Si](C)(C)CCCOC#N)CC[C@]4(C)[C@H]3CC[C@]12C. The molecule has 210 valence electrons. The second-order valence-corrected chi connectivity index (χ2v) is 18.6. The zero-order valence-electron chi connectivity index (χ0n) is 24.6. The second kappa shape index (κ2) is 11.6. The molecule has 4 aliphatic rings. The lowest BCUT2D eigenvalue weighted by Crippen LogP contribution is -2.55. The highest BCUT2D eigenvalue weighted by atomic mass is 28.4. The van der Waals surface area contributed by atoms with Crippen LogP contribution in [0.25, 0.3) is 0 Å². The lowest BCUT2D eigenvalue weighted by atomic mass is 9.44. The van der Waals surface area contributed by atoms with Crippen LogP contribution in [0, 0.1) is 57.9 Å². The van der Waals surface area contributed by atoms with E-state index >= 15 is 0 Å². The van der Waals surface area contributed by atoms with Crippen LogP contribution >= 0.6 is 0 Å². The minimum atomic E-state index is -1.73. The Hall–Kier alpha value is -1.06. The molecule has 0 aromatic rings. The Labute approximate surface area is 227 Å². The molecule has 37 heavy (non-hydrogen) atoms. The van der Waals surface area contributed by atoms with Gasteiger partial charge in [0, 0.05) is 19.6 Å². The van der Waals surface area contributed by atoms with Gasteiger partial charge < -0.3 is 14.5 Å². The van der Waals surface area contributed by atoms with Crippen molar-refractivity contribution < 1.29 is 14.0 Å². The standard InChI is InChI=1S/C31H54N2O3Si/c1-22(8-13-29(34)33-4)26-11-12-27-25-10-9-23-20-24(36-37(5,6)19-7-18-35-21-32)14-16-30(23,2)28(25)15-17-31(26,27)3/h22-28H,7-20H2,1-6H3,(H,33,34)/t22-,23-,24-,25+,26-,27+,28+,30+,31-/m1/s1. The van der Waals surface area contributed by atoms with E-state index in [-0.39, 0.29) is 5.91 Å². The number of nitrogens with zero attached hydrogens (tertiary/aromatic N) is 1. The van der Waals surface area contributed by atoms with Gasteiger partial charge in [-0.05, 0) is 136 Å². The molecule has 0 aliphatic heterocycles. The summed E-state index contributed by atoms with van der Waals surface area (Å²) in [5.41, 5.74) is 0.955. The predicted molar refractivity (Wildman–Crippen MR) is 151 cm³/mol. The topological polar surface area (TPSA) is 71.3 Å². The highest BCUT2D eigenvalue weighted by Crippen LogP contribution is 2.68. The number of hydrogen-bond donors (Lipinski definition) is 1. The zero-order valence-corrected chi connectivity index (χ0v) is 25.6. The van der Waals surface area contributed by atoms with E-state index in [1.807, 2.05) is 0 Å². The Morgan fingerprint density at radius 3 is 2.54 bits per heavy atom. The van der Waals surface area contributed by atoms with Gasteiger partial charge in [0.05, 0.1) is 0 Å². The molecule has 0 heterocycles. The van der Waals surface area contributed by atoms with E-state index in [1.54, 1.807) is 13.3 Å². The number of amides is 1. The Kier molecular flexibility index (Phi) is 9.06. The summed E-state index contributed by atoms with van der Waals surface area (Å²) in [6.07, 6.45) is 17.1. The molecule has 9 atom stereocenters. The summed E-state index contributed by atoms with van der Waals surface area (Å²) in [5.74, 6) is 5.10. The fourth-order valence-corrected chi connectivity index (χ4v) is 12.3. The molecular weight excluding hydrogens is 476 g/mol. The maximum atomic E-state index is 11.9. The van der Waals surface area contributed by atoms with Crippen LogP contribution in [0.15, 0.2) is 0 Å². The Bertz CT molecular complexity index is 843. The van der Waals surface area contributed by atoms with Crippen molar-refractivity contribution in [3.05, 3.63) is 0 Å². The van der Waals surface area contributed by atoms with E-state index < -0.39 is 8.32 Å². The first-order valence-electron chi connectivity index (χ1n) is 15.4. The molecule has 6 heteroatoms. The van der Waals surface area contributed by atoms with Crippen LogP contribution in [-0.2, 0) is 14.0 Å². The molecule has 5 nitrogen and oxygen atoms in total. The summed E-state index contributed by atoms with van der Waals surface area (Å²) in [5, 5.41) is 11.4. The zero-order chi connectivity index (χ0) is 26.8. The van der Waals surface area contributed by atoms with E-state index in [2.05, 4.69) is 39.2 Å². The summed E-state index contributed by atoms with van der Waals surface area (Å²) in [6.45, 7) is 12.9. The Morgan fingerprint density at radius 1 is 1.08 bits per heavy atom. The van der Waals surface area contributed by atoms with Crippen molar-refractivity contribution in [1.82, 2.24) is 5.32 Å². The van der Waals surface area contributed by atoms with Crippen LogP contribution in [0.1, 0.15) is 97.8 Å². The molecular formula is C31H54N2O3Si. The van der Waals surface area contributed by atoms with Gasteiger partial charge in [0.1, 0.15) is 6.61 Å². The van der Waals surface area contributed by atoms with Gasteiger partial charge in [-0.1, -0.05) is 20.8 Å². The number of ether oxygens (including phenoxy) is 1. The van der Waals surface area contributed by atoms with Gasteiger partial charge in [-0.15, -0.1) is 0 Å². The van der Waals surface area contributed by atoms with Crippen molar-refractivity contribution in [3.8, 4) is 6.26 Å². The lowest BCUT2D eigenvalue weighted by Gasteiger charge is -2.61. The van der Waals surface area contributed by atoms with Crippen molar-refractivity contribution in [2.75, 3.05) is 13.7 Å². The maximum Gasteiger partial charge on any atom is 0.286 e. The number of carbonyl (C=O) groups is 1. The smallest absolute Gasteiger partial charge is 0.286 e. The molecule has 0 radical (unpaired) electrons. The number of nitriles is 1.